The number of nitrogens with two attached hydrogens (primary N) is 1. The van der Waals surface area contributed by atoms with Crippen molar-refractivity contribution in [3.05, 3.63) is 60.9 Å². The molecule has 0 radical (unpaired) electrons. The molecule has 0 spiro atoms. The molecule has 6 heteroatoms. The third kappa shape index (κ3) is 3.01. The minimum atomic E-state index is 0.408. The Morgan fingerprint density at radius 2 is 1.59 bits per heavy atom. The lowest BCUT2D eigenvalue weighted by Crippen LogP contribution is -1.99. The van der Waals surface area contributed by atoms with E-state index in [1.54, 1.807) is 14.2 Å². The summed E-state index contributed by atoms with van der Waals surface area (Å²) in [6.45, 7) is 0. The van der Waals surface area contributed by atoms with Crippen molar-refractivity contribution in [1.82, 2.24) is 15.0 Å². The molecule has 0 aliphatic rings. The van der Waals surface area contributed by atoms with Crippen LogP contribution in [0.4, 0.5) is 5.82 Å². The van der Waals surface area contributed by atoms with Gasteiger partial charge in [-0.1, -0.05) is 30.3 Å². The molecule has 2 N–H and O–H groups in total. The maximum Gasteiger partial charge on any atom is 0.165 e. The van der Waals surface area contributed by atoms with Gasteiger partial charge in [0.15, 0.2) is 17.1 Å². The van der Waals surface area contributed by atoms with Crippen molar-refractivity contribution in [2.24, 2.45) is 0 Å². The molecule has 0 atom stereocenters. The SMILES string of the molecule is COc1ccc(-c2cc(-c3ccccc3)c3c(N)ncnc3n2)cc1OC. The van der Waals surface area contributed by atoms with Crippen LogP contribution in [0.15, 0.2) is 60.9 Å². The van der Waals surface area contributed by atoms with E-state index in [9.17, 15) is 0 Å². The Kier molecular flexibility index (Phi) is 4.30. The number of pyridine rings is 1. The average Bonchev–Trinajstić information content (AvgIpc) is 2.73. The Labute approximate surface area is 156 Å². The summed E-state index contributed by atoms with van der Waals surface area (Å²) < 4.78 is 10.7. The summed E-state index contributed by atoms with van der Waals surface area (Å²) in [6.07, 6.45) is 1.43. The van der Waals surface area contributed by atoms with Gasteiger partial charge in [0.05, 0.1) is 25.3 Å². The number of aromatic nitrogens is 3. The second kappa shape index (κ2) is 6.92. The van der Waals surface area contributed by atoms with Crippen molar-refractivity contribution >= 4 is 16.9 Å². The van der Waals surface area contributed by atoms with E-state index in [2.05, 4.69) is 9.97 Å². The predicted molar refractivity (Wildman–Crippen MR) is 106 cm³/mol. The van der Waals surface area contributed by atoms with E-state index < -0.39 is 0 Å². The molecule has 0 bridgehead atoms. The highest BCUT2D eigenvalue weighted by Crippen LogP contribution is 2.36. The molecule has 2 heterocycles. The normalized spacial score (nSPS) is 10.7. The minimum absolute atomic E-state index is 0.408. The zero-order valence-corrected chi connectivity index (χ0v) is 15.0. The minimum Gasteiger partial charge on any atom is -0.493 e. The first-order valence-electron chi connectivity index (χ1n) is 8.40. The van der Waals surface area contributed by atoms with E-state index in [1.807, 2.05) is 54.6 Å². The smallest absolute Gasteiger partial charge is 0.165 e. The van der Waals surface area contributed by atoms with E-state index in [-0.39, 0.29) is 0 Å². The van der Waals surface area contributed by atoms with Gasteiger partial charge in [-0.2, -0.15) is 0 Å². The summed E-state index contributed by atoms with van der Waals surface area (Å²) in [6, 6.07) is 17.7. The molecule has 2 aromatic carbocycles. The number of anilines is 1. The Bertz CT molecular complexity index is 1110. The summed E-state index contributed by atoms with van der Waals surface area (Å²) in [5.41, 5.74) is 10.3. The van der Waals surface area contributed by atoms with Gasteiger partial charge in [0, 0.05) is 5.56 Å². The molecule has 0 unspecified atom stereocenters. The molecular weight excluding hydrogens is 340 g/mol. The summed E-state index contributed by atoms with van der Waals surface area (Å²) >= 11 is 0. The number of fused-ring (bicyclic) bond motifs is 1. The maximum absolute atomic E-state index is 6.14. The molecule has 4 rings (SSSR count). The summed E-state index contributed by atoms with van der Waals surface area (Å²) in [5, 5.41) is 0.743. The third-order valence-corrected chi connectivity index (χ3v) is 4.40. The largest absolute Gasteiger partial charge is 0.493 e. The van der Waals surface area contributed by atoms with Crippen LogP contribution in [0.2, 0.25) is 0 Å². The highest BCUT2D eigenvalue weighted by atomic mass is 16.5. The summed E-state index contributed by atoms with van der Waals surface area (Å²) in [5.74, 6) is 1.71. The van der Waals surface area contributed by atoms with Crippen molar-refractivity contribution in [2.45, 2.75) is 0 Å². The highest BCUT2D eigenvalue weighted by molar-refractivity contribution is 6.00. The number of ether oxygens (including phenoxy) is 2. The predicted octanol–water partition coefficient (Wildman–Crippen LogP) is 3.96. The zero-order valence-electron chi connectivity index (χ0n) is 15.0. The van der Waals surface area contributed by atoms with Gasteiger partial charge in [0.25, 0.3) is 0 Å². The van der Waals surface area contributed by atoms with E-state index in [0.29, 0.717) is 23.0 Å². The van der Waals surface area contributed by atoms with Crippen LogP contribution in [0, 0.1) is 0 Å². The Balaban J connectivity index is 1.98. The topological polar surface area (TPSA) is 83.2 Å². The van der Waals surface area contributed by atoms with Crippen LogP contribution in [0.25, 0.3) is 33.4 Å². The van der Waals surface area contributed by atoms with Crippen LogP contribution >= 0.6 is 0 Å². The molecule has 0 aliphatic heterocycles. The van der Waals surface area contributed by atoms with E-state index in [1.165, 1.54) is 6.33 Å². The Morgan fingerprint density at radius 1 is 0.815 bits per heavy atom. The molecule has 0 amide bonds. The average molecular weight is 358 g/mol. The molecule has 0 fully saturated rings. The van der Waals surface area contributed by atoms with Crippen LogP contribution < -0.4 is 15.2 Å². The molecule has 2 aromatic heterocycles. The molecular formula is C21H18N4O2. The first-order valence-corrected chi connectivity index (χ1v) is 8.40. The third-order valence-electron chi connectivity index (χ3n) is 4.40. The standard InChI is InChI=1S/C21H18N4O2/c1-26-17-9-8-14(10-18(17)27-2)16-11-15(13-6-4-3-5-7-13)19-20(22)23-12-24-21(19)25-16/h3-12H,1-2H3,(H2,22,23,24,25). The van der Waals surface area contributed by atoms with Gasteiger partial charge >= 0.3 is 0 Å². The molecule has 27 heavy (non-hydrogen) atoms. The van der Waals surface area contributed by atoms with Crippen LogP contribution in [-0.4, -0.2) is 29.2 Å². The number of hydrogen-bond acceptors (Lipinski definition) is 6. The van der Waals surface area contributed by atoms with E-state index in [4.69, 9.17) is 20.2 Å². The number of benzene rings is 2. The Morgan fingerprint density at radius 3 is 2.33 bits per heavy atom. The van der Waals surface area contributed by atoms with E-state index in [0.717, 1.165) is 27.8 Å². The molecule has 4 aromatic rings. The Hall–Kier alpha value is -3.67. The first kappa shape index (κ1) is 16.8. The van der Waals surface area contributed by atoms with Crippen molar-refractivity contribution in [3.8, 4) is 33.9 Å². The van der Waals surface area contributed by atoms with Gasteiger partial charge in [-0.3, -0.25) is 0 Å². The quantitative estimate of drug-likeness (QED) is 0.594. The lowest BCUT2D eigenvalue weighted by Gasteiger charge is -2.12. The van der Waals surface area contributed by atoms with Crippen LogP contribution in [-0.2, 0) is 0 Å². The molecule has 6 nitrogen and oxygen atoms in total. The van der Waals surface area contributed by atoms with Crippen LogP contribution in [0.5, 0.6) is 11.5 Å². The first-order chi connectivity index (χ1) is 13.2. The second-order valence-corrected chi connectivity index (χ2v) is 5.95. The number of rotatable bonds is 4. The van der Waals surface area contributed by atoms with Gasteiger partial charge in [-0.25, -0.2) is 15.0 Å². The number of hydrogen-bond donors (Lipinski definition) is 1. The van der Waals surface area contributed by atoms with Crippen molar-refractivity contribution < 1.29 is 9.47 Å². The van der Waals surface area contributed by atoms with Crippen molar-refractivity contribution in [1.29, 1.82) is 0 Å². The fourth-order valence-electron chi connectivity index (χ4n) is 3.08. The molecule has 134 valence electrons. The number of nitrogens with zero attached hydrogens (tertiary/aromatic N) is 3. The monoisotopic (exact) mass is 358 g/mol. The fraction of sp³-hybridized carbons (Fsp3) is 0.0952. The van der Waals surface area contributed by atoms with Gasteiger partial charge in [-0.15, -0.1) is 0 Å². The lowest BCUT2D eigenvalue weighted by molar-refractivity contribution is 0.355. The van der Waals surface area contributed by atoms with Crippen molar-refractivity contribution in [2.75, 3.05) is 20.0 Å². The van der Waals surface area contributed by atoms with Gasteiger partial charge in [0.1, 0.15) is 12.1 Å². The maximum atomic E-state index is 6.14. The van der Waals surface area contributed by atoms with Gasteiger partial charge in [-0.05, 0) is 35.4 Å². The van der Waals surface area contributed by atoms with Crippen molar-refractivity contribution in [3.63, 3.8) is 0 Å². The van der Waals surface area contributed by atoms with Crippen LogP contribution in [0.3, 0.4) is 0 Å². The molecule has 0 saturated heterocycles. The second-order valence-electron chi connectivity index (χ2n) is 5.95. The molecule has 0 aliphatic carbocycles. The number of methoxy groups -OCH3 is 2. The lowest BCUT2D eigenvalue weighted by atomic mass is 9.99. The number of nitrogen functional groups attached to an aromatic ring is 1. The molecule has 0 saturated carbocycles. The highest BCUT2D eigenvalue weighted by Gasteiger charge is 2.14. The van der Waals surface area contributed by atoms with Gasteiger partial charge < -0.3 is 15.2 Å². The van der Waals surface area contributed by atoms with E-state index >= 15 is 0 Å². The van der Waals surface area contributed by atoms with Gasteiger partial charge in [0.2, 0.25) is 0 Å². The fourth-order valence-corrected chi connectivity index (χ4v) is 3.08. The zero-order chi connectivity index (χ0) is 18.8. The van der Waals surface area contributed by atoms with Crippen LogP contribution in [0.1, 0.15) is 0 Å². The summed E-state index contributed by atoms with van der Waals surface area (Å²) in [4.78, 5) is 13.2. The summed E-state index contributed by atoms with van der Waals surface area (Å²) in [7, 11) is 3.22.